The molecular formula is C19H20N2O3S. The van der Waals surface area contributed by atoms with Gasteiger partial charge in [-0.05, 0) is 36.8 Å². The van der Waals surface area contributed by atoms with E-state index in [1.807, 2.05) is 30.3 Å². The van der Waals surface area contributed by atoms with Crippen molar-refractivity contribution in [2.45, 2.75) is 18.7 Å². The fourth-order valence-corrected chi connectivity index (χ4v) is 3.24. The Balaban J connectivity index is 2.10. The molecule has 0 radical (unpaired) electrons. The number of benzene rings is 2. The van der Waals surface area contributed by atoms with Crippen LogP contribution in [0.25, 0.3) is 0 Å². The van der Waals surface area contributed by atoms with Crippen LogP contribution in [0.1, 0.15) is 28.4 Å². The van der Waals surface area contributed by atoms with Gasteiger partial charge in [-0.3, -0.25) is 4.79 Å². The van der Waals surface area contributed by atoms with E-state index in [2.05, 4.69) is 21.9 Å². The monoisotopic (exact) mass is 356 g/mol. The van der Waals surface area contributed by atoms with Crippen LogP contribution in [-0.4, -0.2) is 27.4 Å². The smallest absolute Gasteiger partial charge is 0.252 e. The van der Waals surface area contributed by atoms with E-state index in [0.29, 0.717) is 11.1 Å². The zero-order chi connectivity index (χ0) is 18.3. The van der Waals surface area contributed by atoms with Gasteiger partial charge in [0.2, 0.25) is 10.0 Å². The molecule has 1 amide bonds. The summed E-state index contributed by atoms with van der Waals surface area (Å²) in [7, 11) is -3.60. The number of hydrogen-bond donors (Lipinski definition) is 2. The lowest BCUT2D eigenvalue weighted by atomic mass is 10.1. The Morgan fingerprint density at radius 3 is 2.52 bits per heavy atom. The average Bonchev–Trinajstić information content (AvgIpc) is 2.59. The van der Waals surface area contributed by atoms with E-state index < -0.39 is 10.0 Å². The second-order valence-electron chi connectivity index (χ2n) is 5.33. The molecule has 2 N–H and O–H groups in total. The van der Waals surface area contributed by atoms with E-state index in [4.69, 9.17) is 0 Å². The number of hydrogen-bond acceptors (Lipinski definition) is 3. The third-order valence-electron chi connectivity index (χ3n) is 3.44. The van der Waals surface area contributed by atoms with Crippen molar-refractivity contribution in [2.75, 3.05) is 13.1 Å². The van der Waals surface area contributed by atoms with Crippen molar-refractivity contribution in [3.8, 4) is 11.8 Å². The minimum Gasteiger partial charge on any atom is -0.341 e. The number of carbonyl (C=O) groups excluding carboxylic acids is 1. The molecule has 0 saturated heterocycles. The van der Waals surface area contributed by atoms with Gasteiger partial charge in [-0.15, -0.1) is 0 Å². The van der Waals surface area contributed by atoms with Crippen LogP contribution >= 0.6 is 0 Å². The lowest BCUT2D eigenvalue weighted by Crippen LogP contribution is -2.26. The van der Waals surface area contributed by atoms with Crippen LogP contribution in [0.2, 0.25) is 0 Å². The first-order valence-electron chi connectivity index (χ1n) is 7.86. The Bertz CT molecular complexity index is 911. The van der Waals surface area contributed by atoms with E-state index in [9.17, 15) is 13.2 Å². The molecule has 0 bridgehead atoms. The molecule has 0 aliphatic rings. The highest BCUT2D eigenvalue weighted by molar-refractivity contribution is 7.89. The standard InChI is InChI=1S/C19H20N2O3S/c1-3-21-25(23,24)17-12-11-15(2)18(14-17)19(22)20-13-7-10-16-8-5-4-6-9-16/h4-6,8-9,11-12,14,21H,3,13H2,1-2H3,(H,20,22). The summed E-state index contributed by atoms with van der Waals surface area (Å²) < 4.78 is 26.6. The topological polar surface area (TPSA) is 75.3 Å². The van der Waals surface area contributed by atoms with Crippen LogP contribution in [0.5, 0.6) is 0 Å². The third kappa shape index (κ3) is 5.18. The van der Waals surface area contributed by atoms with Crippen LogP contribution in [0.3, 0.4) is 0 Å². The van der Waals surface area contributed by atoms with Crippen molar-refractivity contribution in [3.05, 3.63) is 65.2 Å². The lowest BCUT2D eigenvalue weighted by Gasteiger charge is -2.09. The fraction of sp³-hybridized carbons (Fsp3) is 0.211. The maximum atomic E-state index is 12.3. The van der Waals surface area contributed by atoms with Gasteiger partial charge in [0.1, 0.15) is 0 Å². The highest BCUT2D eigenvalue weighted by atomic mass is 32.2. The molecule has 0 aromatic heterocycles. The molecule has 2 rings (SSSR count). The largest absolute Gasteiger partial charge is 0.341 e. The SMILES string of the molecule is CCNS(=O)(=O)c1ccc(C)c(C(=O)NCC#Cc2ccccc2)c1. The zero-order valence-electron chi connectivity index (χ0n) is 14.2. The Hall–Kier alpha value is -2.62. The van der Waals surface area contributed by atoms with E-state index in [0.717, 1.165) is 5.56 Å². The Kier molecular flexibility index (Phi) is 6.34. The molecule has 0 aliphatic heterocycles. The molecule has 2 aromatic rings. The number of sulfonamides is 1. The summed E-state index contributed by atoms with van der Waals surface area (Å²) in [6.45, 7) is 3.92. The van der Waals surface area contributed by atoms with Gasteiger partial charge in [0.15, 0.2) is 0 Å². The summed E-state index contributed by atoms with van der Waals surface area (Å²) in [5.74, 6) is 5.47. The third-order valence-corrected chi connectivity index (χ3v) is 4.99. The Morgan fingerprint density at radius 2 is 1.84 bits per heavy atom. The van der Waals surface area contributed by atoms with Crippen LogP contribution in [0, 0.1) is 18.8 Å². The molecule has 0 atom stereocenters. The van der Waals surface area contributed by atoms with E-state index in [1.54, 1.807) is 19.9 Å². The summed E-state index contributed by atoms with van der Waals surface area (Å²) in [5, 5.41) is 2.69. The number of carbonyl (C=O) groups is 1. The molecular weight excluding hydrogens is 336 g/mol. The summed E-state index contributed by atoms with van der Waals surface area (Å²) in [5.41, 5.74) is 1.89. The predicted molar refractivity (Wildman–Crippen MR) is 97.7 cm³/mol. The van der Waals surface area contributed by atoms with Gasteiger partial charge < -0.3 is 5.32 Å². The first-order chi connectivity index (χ1) is 11.9. The molecule has 6 heteroatoms. The van der Waals surface area contributed by atoms with Gasteiger partial charge in [-0.1, -0.05) is 43.0 Å². The minimum absolute atomic E-state index is 0.0699. The molecule has 0 fully saturated rings. The van der Waals surface area contributed by atoms with Gasteiger partial charge in [0.05, 0.1) is 11.4 Å². The number of rotatable bonds is 5. The summed E-state index contributed by atoms with van der Waals surface area (Å²) in [6, 6.07) is 13.9. The van der Waals surface area contributed by atoms with Crippen molar-refractivity contribution >= 4 is 15.9 Å². The first-order valence-corrected chi connectivity index (χ1v) is 9.35. The van der Waals surface area contributed by atoms with Crippen molar-refractivity contribution in [1.82, 2.24) is 10.0 Å². The van der Waals surface area contributed by atoms with Gasteiger partial charge in [-0.25, -0.2) is 13.1 Å². The van der Waals surface area contributed by atoms with Crippen molar-refractivity contribution in [3.63, 3.8) is 0 Å². The molecule has 5 nitrogen and oxygen atoms in total. The van der Waals surface area contributed by atoms with Crippen molar-refractivity contribution < 1.29 is 13.2 Å². The molecule has 0 heterocycles. The molecule has 2 aromatic carbocycles. The maximum absolute atomic E-state index is 12.3. The lowest BCUT2D eigenvalue weighted by molar-refractivity contribution is 0.0958. The summed E-state index contributed by atoms with van der Waals surface area (Å²) >= 11 is 0. The second kappa shape index (κ2) is 8.47. The molecule has 0 aliphatic carbocycles. The molecule has 130 valence electrons. The van der Waals surface area contributed by atoms with Gasteiger partial charge in [0, 0.05) is 17.7 Å². The van der Waals surface area contributed by atoms with E-state index >= 15 is 0 Å². The van der Waals surface area contributed by atoms with E-state index in [-0.39, 0.29) is 23.9 Å². The molecule has 0 spiro atoms. The average molecular weight is 356 g/mol. The predicted octanol–water partition coefficient (Wildman–Crippen LogP) is 2.07. The van der Waals surface area contributed by atoms with Crippen LogP contribution in [0.4, 0.5) is 0 Å². The number of aryl methyl sites for hydroxylation is 1. The van der Waals surface area contributed by atoms with Crippen molar-refractivity contribution in [1.29, 1.82) is 0 Å². The van der Waals surface area contributed by atoms with Crippen LogP contribution < -0.4 is 10.0 Å². The highest BCUT2D eigenvalue weighted by Crippen LogP contribution is 2.15. The van der Waals surface area contributed by atoms with Crippen LogP contribution in [0.15, 0.2) is 53.4 Å². The number of amides is 1. The van der Waals surface area contributed by atoms with Gasteiger partial charge in [0.25, 0.3) is 5.91 Å². The minimum atomic E-state index is -3.60. The summed E-state index contributed by atoms with van der Waals surface area (Å²) in [4.78, 5) is 12.4. The Morgan fingerprint density at radius 1 is 1.12 bits per heavy atom. The number of nitrogens with one attached hydrogen (secondary N) is 2. The normalized spacial score (nSPS) is 10.6. The molecule has 0 saturated carbocycles. The first kappa shape index (κ1) is 18.7. The van der Waals surface area contributed by atoms with Gasteiger partial charge >= 0.3 is 0 Å². The maximum Gasteiger partial charge on any atom is 0.252 e. The molecule has 0 unspecified atom stereocenters. The van der Waals surface area contributed by atoms with Crippen molar-refractivity contribution in [2.24, 2.45) is 0 Å². The Labute approximate surface area is 148 Å². The second-order valence-corrected chi connectivity index (χ2v) is 7.10. The van der Waals surface area contributed by atoms with Crippen LogP contribution in [-0.2, 0) is 10.0 Å². The molecule has 25 heavy (non-hydrogen) atoms. The highest BCUT2D eigenvalue weighted by Gasteiger charge is 2.16. The fourth-order valence-electron chi connectivity index (χ4n) is 2.17. The van der Waals surface area contributed by atoms with Gasteiger partial charge in [-0.2, -0.15) is 0 Å². The summed E-state index contributed by atoms with van der Waals surface area (Å²) in [6.07, 6.45) is 0. The van der Waals surface area contributed by atoms with E-state index in [1.165, 1.54) is 12.1 Å². The quantitative estimate of drug-likeness (QED) is 0.806. The zero-order valence-corrected chi connectivity index (χ0v) is 15.0.